The van der Waals surface area contributed by atoms with Gasteiger partial charge in [-0.15, -0.1) is 12.4 Å². The van der Waals surface area contributed by atoms with Gasteiger partial charge in [-0.1, -0.05) is 43.7 Å². The maximum Gasteiger partial charge on any atom is 0.119 e. The number of aryl methyl sites for hydroxylation is 2. The van der Waals surface area contributed by atoms with Crippen LogP contribution in [0.25, 0.3) is 11.0 Å². The smallest absolute Gasteiger partial charge is 0.119 e. The third kappa shape index (κ3) is 4.51. The first kappa shape index (κ1) is 18.3. The normalized spacial score (nSPS) is 10.5. The van der Waals surface area contributed by atoms with E-state index in [4.69, 9.17) is 9.72 Å². The molecular formula is C20H25ClN2O. The molecule has 2 aromatic carbocycles. The summed E-state index contributed by atoms with van der Waals surface area (Å²) in [5.74, 6) is 2.14. The van der Waals surface area contributed by atoms with Gasteiger partial charge < -0.3 is 9.30 Å². The number of para-hydroxylation sites is 3. The molecule has 0 atom stereocenters. The lowest BCUT2D eigenvalue weighted by Gasteiger charge is -2.10. The molecule has 1 heterocycles. The molecule has 0 saturated heterocycles. The standard InChI is InChI=1S/C20H24N2O.ClH/c1-2-3-14-20-21-18-12-7-8-13-19(18)22(20)15-9-16-23-17-10-5-4-6-11-17;/h4-8,10-13H,2-3,9,14-16H2,1H3;1H. The van der Waals surface area contributed by atoms with Gasteiger partial charge in [0.15, 0.2) is 0 Å². The van der Waals surface area contributed by atoms with Crippen molar-refractivity contribution >= 4 is 23.4 Å². The van der Waals surface area contributed by atoms with Crippen LogP contribution in [0.3, 0.4) is 0 Å². The van der Waals surface area contributed by atoms with Gasteiger partial charge in [0.25, 0.3) is 0 Å². The van der Waals surface area contributed by atoms with Crippen molar-refractivity contribution in [3.05, 3.63) is 60.4 Å². The number of hydrogen-bond acceptors (Lipinski definition) is 2. The minimum atomic E-state index is 0. The Morgan fingerprint density at radius 3 is 2.50 bits per heavy atom. The minimum absolute atomic E-state index is 0. The van der Waals surface area contributed by atoms with E-state index < -0.39 is 0 Å². The van der Waals surface area contributed by atoms with Crippen molar-refractivity contribution in [2.45, 2.75) is 39.2 Å². The molecule has 3 nitrogen and oxygen atoms in total. The molecule has 4 heteroatoms. The zero-order valence-corrected chi connectivity index (χ0v) is 15.0. The molecule has 0 N–H and O–H groups in total. The lowest BCUT2D eigenvalue weighted by Crippen LogP contribution is -2.08. The van der Waals surface area contributed by atoms with Gasteiger partial charge in [0.1, 0.15) is 11.6 Å². The highest BCUT2D eigenvalue weighted by molar-refractivity contribution is 5.85. The van der Waals surface area contributed by atoms with Gasteiger partial charge in [-0.25, -0.2) is 4.98 Å². The second-order valence-corrected chi connectivity index (χ2v) is 5.79. The largest absolute Gasteiger partial charge is 0.494 e. The number of benzene rings is 2. The highest BCUT2D eigenvalue weighted by atomic mass is 35.5. The van der Waals surface area contributed by atoms with Gasteiger partial charge in [0.05, 0.1) is 17.6 Å². The molecule has 0 unspecified atom stereocenters. The number of nitrogens with zero attached hydrogens (tertiary/aromatic N) is 2. The van der Waals surface area contributed by atoms with Crippen LogP contribution in [0.2, 0.25) is 0 Å². The number of hydrogen-bond donors (Lipinski definition) is 0. The number of ether oxygens (including phenoxy) is 1. The molecule has 0 aliphatic heterocycles. The van der Waals surface area contributed by atoms with Crippen LogP contribution in [-0.4, -0.2) is 16.2 Å². The molecule has 0 saturated carbocycles. The topological polar surface area (TPSA) is 27.1 Å². The van der Waals surface area contributed by atoms with Crippen molar-refractivity contribution in [3.8, 4) is 5.75 Å². The Balaban J connectivity index is 0.00000208. The first-order valence-electron chi connectivity index (χ1n) is 8.50. The molecule has 0 fully saturated rings. The summed E-state index contributed by atoms with van der Waals surface area (Å²) in [7, 11) is 0. The van der Waals surface area contributed by atoms with Crippen LogP contribution in [0.15, 0.2) is 54.6 Å². The fourth-order valence-corrected chi connectivity index (χ4v) is 2.83. The highest BCUT2D eigenvalue weighted by Crippen LogP contribution is 2.18. The number of fused-ring (bicyclic) bond motifs is 1. The zero-order chi connectivity index (χ0) is 15.9. The summed E-state index contributed by atoms with van der Waals surface area (Å²) in [6.07, 6.45) is 4.41. The summed E-state index contributed by atoms with van der Waals surface area (Å²) < 4.78 is 8.16. The number of imidazole rings is 1. The molecule has 0 bridgehead atoms. The second-order valence-electron chi connectivity index (χ2n) is 5.79. The Morgan fingerprint density at radius 2 is 1.71 bits per heavy atom. The quantitative estimate of drug-likeness (QED) is 0.520. The van der Waals surface area contributed by atoms with Gasteiger partial charge in [0, 0.05) is 13.0 Å². The molecule has 128 valence electrons. The monoisotopic (exact) mass is 344 g/mol. The minimum Gasteiger partial charge on any atom is -0.494 e. The van der Waals surface area contributed by atoms with Crippen molar-refractivity contribution in [3.63, 3.8) is 0 Å². The Kier molecular flexibility index (Phi) is 7.13. The van der Waals surface area contributed by atoms with Crippen LogP contribution in [-0.2, 0) is 13.0 Å². The van der Waals surface area contributed by atoms with Crippen LogP contribution >= 0.6 is 12.4 Å². The van der Waals surface area contributed by atoms with Crippen molar-refractivity contribution in [1.82, 2.24) is 9.55 Å². The SMILES string of the molecule is CCCCc1nc2ccccc2n1CCCOc1ccccc1.Cl. The molecule has 0 radical (unpaired) electrons. The summed E-state index contributed by atoms with van der Waals surface area (Å²) in [6, 6.07) is 18.4. The van der Waals surface area contributed by atoms with E-state index in [1.54, 1.807) is 0 Å². The van der Waals surface area contributed by atoms with Crippen LogP contribution in [0.4, 0.5) is 0 Å². The van der Waals surface area contributed by atoms with E-state index in [2.05, 4.69) is 35.8 Å². The van der Waals surface area contributed by atoms with E-state index in [0.717, 1.165) is 37.3 Å². The molecule has 0 amide bonds. The highest BCUT2D eigenvalue weighted by Gasteiger charge is 2.09. The van der Waals surface area contributed by atoms with Crippen LogP contribution in [0, 0.1) is 0 Å². The summed E-state index contributed by atoms with van der Waals surface area (Å²) >= 11 is 0. The second kappa shape index (κ2) is 9.33. The lowest BCUT2D eigenvalue weighted by molar-refractivity contribution is 0.301. The molecule has 3 rings (SSSR count). The average Bonchev–Trinajstić information content (AvgIpc) is 2.95. The van der Waals surface area contributed by atoms with Crippen LogP contribution < -0.4 is 4.74 Å². The summed E-state index contributed by atoms with van der Waals surface area (Å²) in [5.41, 5.74) is 2.33. The maximum atomic E-state index is 5.80. The van der Waals surface area contributed by atoms with Gasteiger partial charge >= 0.3 is 0 Å². The Morgan fingerprint density at radius 1 is 0.958 bits per heavy atom. The molecular weight excluding hydrogens is 320 g/mol. The van der Waals surface area contributed by atoms with Crippen molar-refractivity contribution in [2.24, 2.45) is 0 Å². The van der Waals surface area contributed by atoms with E-state index in [-0.39, 0.29) is 12.4 Å². The van der Waals surface area contributed by atoms with Gasteiger partial charge in [-0.2, -0.15) is 0 Å². The molecule has 24 heavy (non-hydrogen) atoms. The summed E-state index contributed by atoms with van der Waals surface area (Å²) in [4.78, 5) is 4.81. The zero-order valence-electron chi connectivity index (χ0n) is 14.1. The number of halogens is 1. The third-order valence-electron chi connectivity index (χ3n) is 4.03. The third-order valence-corrected chi connectivity index (χ3v) is 4.03. The van der Waals surface area contributed by atoms with E-state index in [9.17, 15) is 0 Å². The first-order chi connectivity index (χ1) is 11.4. The number of unbranched alkanes of at least 4 members (excludes halogenated alkanes) is 1. The van der Waals surface area contributed by atoms with Crippen molar-refractivity contribution < 1.29 is 4.74 Å². The molecule has 1 aromatic heterocycles. The fourth-order valence-electron chi connectivity index (χ4n) is 2.83. The van der Waals surface area contributed by atoms with E-state index in [1.165, 1.54) is 24.2 Å². The fraction of sp³-hybridized carbons (Fsp3) is 0.350. The van der Waals surface area contributed by atoms with Crippen molar-refractivity contribution in [2.75, 3.05) is 6.61 Å². The summed E-state index contributed by atoms with van der Waals surface area (Å²) in [6.45, 7) is 3.90. The predicted octanol–water partition coefficient (Wildman–Crippen LogP) is 5.27. The number of rotatable bonds is 8. The van der Waals surface area contributed by atoms with Crippen LogP contribution in [0.5, 0.6) is 5.75 Å². The Labute approximate surface area is 150 Å². The van der Waals surface area contributed by atoms with Crippen molar-refractivity contribution in [1.29, 1.82) is 0 Å². The lowest BCUT2D eigenvalue weighted by atomic mass is 10.2. The Bertz CT molecular complexity index is 740. The maximum absolute atomic E-state index is 5.80. The average molecular weight is 345 g/mol. The van der Waals surface area contributed by atoms with E-state index >= 15 is 0 Å². The molecule has 0 aliphatic rings. The van der Waals surface area contributed by atoms with Gasteiger partial charge in [-0.3, -0.25) is 0 Å². The van der Waals surface area contributed by atoms with E-state index in [0.29, 0.717) is 0 Å². The summed E-state index contributed by atoms with van der Waals surface area (Å²) in [5, 5.41) is 0. The predicted molar refractivity (Wildman–Crippen MR) is 102 cm³/mol. The number of aromatic nitrogens is 2. The first-order valence-corrected chi connectivity index (χ1v) is 8.50. The van der Waals surface area contributed by atoms with Gasteiger partial charge in [0.2, 0.25) is 0 Å². The van der Waals surface area contributed by atoms with E-state index in [1.807, 2.05) is 30.3 Å². The molecule has 3 aromatic rings. The van der Waals surface area contributed by atoms with Gasteiger partial charge in [-0.05, 0) is 37.1 Å². The molecule has 0 spiro atoms. The molecule has 0 aliphatic carbocycles. The van der Waals surface area contributed by atoms with Crippen LogP contribution in [0.1, 0.15) is 32.0 Å². The Hall–Kier alpha value is -2.00.